The van der Waals surface area contributed by atoms with Crippen molar-refractivity contribution in [1.82, 2.24) is 0 Å². The third kappa shape index (κ3) is 4.52. The second-order valence-corrected chi connectivity index (χ2v) is 7.12. The number of carboxylic acid groups (broad SMARTS) is 1. The summed E-state index contributed by atoms with van der Waals surface area (Å²) in [6.45, 7) is 0.207. The molecule has 2 aromatic carbocycles. The fraction of sp³-hybridized carbons (Fsp3) is 0.222. The number of benzene rings is 2. The number of carboxylic acids is 1. The molecule has 1 fully saturated rings. The number of halogens is 2. The van der Waals surface area contributed by atoms with Gasteiger partial charge in [0.25, 0.3) is 0 Å². The van der Waals surface area contributed by atoms with E-state index in [9.17, 15) is 14.7 Å². The van der Waals surface area contributed by atoms with Gasteiger partial charge in [-0.05, 0) is 43.2 Å². The lowest BCUT2D eigenvalue weighted by Gasteiger charge is -2.12. The van der Waals surface area contributed by atoms with Gasteiger partial charge in [-0.25, -0.2) is 4.79 Å². The van der Waals surface area contributed by atoms with E-state index in [1.807, 2.05) is 12.1 Å². The van der Waals surface area contributed by atoms with Gasteiger partial charge in [0.15, 0.2) is 0 Å². The van der Waals surface area contributed by atoms with Gasteiger partial charge in [0.1, 0.15) is 12.4 Å². The number of amides is 1. The van der Waals surface area contributed by atoms with E-state index in [0.717, 1.165) is 22.9 Å². The van der Waals surface area contributed by atoms with Crippen LogP contribution in [0.1, 0.15) is 28.8 Å². The molecule has 0 bridgehead atoms. The molecule has 1 aliphatic rings. The van der Waals surface area contributed by atoms with E-state index in [-0.39, 0.29) is 29.7 Å². The number of carbonyl (C=O) groups is 2. The molecular formula is C18H15BrClNO4. The Balaban J connectivity index is 1.74. The molecular weight excluding hydrogens is 410 g/mol. The standard InChI is InChI=1S/C18H15BrClNO4/c19-12-4-3-11(15(20)7-12)9-25-13-5-6-16(14(8-13)18(23)24)21-17(22)10-1-2-10/h3-8,10H,1-2,9H2,(H,21,22)(H,23,24). The molecule has 0 spiro atoms. The molecule has 7 heteroatoms. The Kier molecular flexibility index (Phi) is 5.30. The van der Waals surface area contributed by atoms with Gasteiger partial charge >= 0.3 is 5.97 Å². The number of hydrogen-bond donors (Lipinski definition) is 2. The summed E-state index contributed by atoms with van der Waals surface area (Å²) in [5.74, 6) is -0.881. The van der Waals surface area contributed by atoms with E-state index < -0.39 is 5.97 Å². The van der Waals surface area contributed by atoms with Crippen molar-refractivity contribution in [2.45, 2.75) is 19.4 Å². The second kappa shape index (κ2) is 7.45. The minimum absolute atomic E-state index is 0.00267. The van der Waals surface area contributed by atoms with Gasteiger partial charge in [0.2, 0.25) is 5.91 Å². The second-order valence-electron chi connectivity index (χ2n) is 5.80. The third-order valence-electron chi connectivity index (χ3n) is 3.84. The van der Waals surface area contributed by atoms with Crippen molar-refractivity contribution in [3.63, 3.8) is 0 Å². The van der Waals surface area contributed by atoms with E-state index in [2.05, 4.69) is 21.2 Å². The smallest absolute Gasteiger partial charge is 0.337 e. The van der Waals surface area contributed by atoms with Crippen molar-refractivity contribution in [3.05, 3.63) is 57.0 Å². The summed E-state index contributed by atoms with van der Waals surface area (Å²) >= 11 is 9.48. The maximum Gasteiger partial charge on any atom is 0.337 e. The van der Waals surface area contributed by atoms with Crippen molar-refractivity contribution in [3.8, 4) is 5.75 Å². The first-order valence-corrected chi connectivity index (χ1v) is 8.86. The zero-order valence-corrected chi connectivity index (χ0v) is 15.4. The molecule has 0 saturated heterocycles. The Hall–Kier alpha value is -2.05. The monoisotopic (exact) mass is 423 g/mol. The first kappa shape index (κ1) is 17.8. The van der Waals surface area contributed by atoms with Gasteiger partial charge < -0.3 is 15.2 Å². The summed E-state index contributed by atoms with van der Waals surface area (Å²) in [4.78, 5) is 23.3. The van der Waals surface area contributed by atoms with Crippen LogP contribution >= 0.6 is 27.5 Å². The average molecular weight is 425 g/mol. The van der Waals surface area contributed by atoms with E-state index in [1.165, 1.54) is 6.07 Å². The molecule has 1 saturated carbocycles. The predicted molar refractivity (Wildman–Crippen MR) is 98.2 cm³/mol. The number of carbonyl (C=O) groups excluding carboxylic acids is 1. The summed E-state index contributed by atoms with van der Waals surface area (Å²) < 4.78 is 6.51. The summed E-state index contributed by atoms with van der Waals surface area (Å²) in [7, 11) is 0. The van der Waals surface area contributed by atoms with Crippen LogP contribution in [0.25, 0.3) is 0 Å². The molecule has 0 heterocycles. The quantitative estimate of drug-likeness (QED) is 0.703. The fourth-order valence-electron chi connectivity index (χ4n) is 2.28. The molecule has 0 atom stereocenters. The molecule has 0 aliphatic heterocycles. The molecule has 2 N–H and O–H groups in total. The molecule has 25 heavy (non-hydrogen) atoms. The number of rotatable bonds is 6. The van der Waals surface area contributed by atoms with Crippen LogP contribution in [-0.4, -0.2) is 17.0 Å². The normalized spacial score (nSPS) is 13.4. The lowest BCUT2D eigenvalue weighted by Crippen LogP contribution is -2.16. The molecule has 1 amide bonds. The van der Waals surface area contributed by atoms with Gasteiger partial charge in [-0.15, -0.1) is 0 Å². The highest BCUT2D eigenvalue weighted by Gasteiger charge is 2.30. The maximum atomic E-state index is 11.9. The third-order valence-corrected chi connectivity index (χ3v) is 4.68. The number of nitrogens with one attached hydrogen (secondary N) is 1. The van der Waals surface area contributed by atoms with Crippen LogP contribution in [0.5, 0.6) is 5.75 Å². The SMILES string of the molecule is O=C(O)c1cc(OCc2ccc(Br)cc2Cl)ccc1NC(=O)C1CC1. The Morgan fingerprint density at radius 1 is 1.24 bits per heavy atom. The van der Waals surface area contributed by atoms with Crippen LogP contribution in [0.2, 0.25) is 5.02 Å². The molecule has 0 radical (unpaired) electrons. The van der Waals surface area contributed by atoms with Crippen LogP contribution in [0.3, 0.4) is 0 Å². The predicted octanol–water partition coefficient (Wildman–Crippen LogP) is 4.73. The molecule has 0 unspecified atom stereocenters. The first-order chi connectivity index (χ1) is 11.9. The Morgan fingerprint density at radius 2 is 2.00 bits per heavy atom. The van der Waals surface area contributed by atoms with E-state index in [4.69, 9.17) is 16.3 Å². The lowest BCUT2D eigenvalue weighted by molar-refractivity contribution is -0.117. The first-order valence-electron chi connectivity index (χ1n) is 7.69. The number of anilines is 1. The topological polar surface area (TPSA) is 75.6 Å². The minimum atomic E-state index is -1.13. The summed E-state index contributed by atoms with van der Waals surface area (Å²) in [5.41, 5.74) is 1.06. The zero-order chi connectivity index (χ0) is 18.0. The largest absolute Gasteiger partial charge is 0.489 e. The van der Waals surface area contributed by atoms with Gasteiger partial charge in [-0.3, -0.25) is 4.79 Å². The number of aromatic carboxylic acids is 1. The molecule has 5 nitrogen and oxygen atoms in total. The number of hydrogen-bond acceptors (Lipinski definition) is 3. The summed E-state index contributed by atoms with van der Waals surface area (Å²) in [5, 5.41) is 12.6. The molecule has 1 aliphatic carbocycles. The molecule has 130 valence electrons. The van der Waals surface area contributed by atoms with Crippen molar-refractivity contribution >= 4 is 45.1 Å². The van der Waals surface area contributed by atoms with Crippen LogP contribution in [0, 0.1) is 5.92 Å². The van der Waals surface area contributed by atoms with Gasteiger partial charge in [0, 0.05) is 21.0 Å². The van der Waals surface area contributed by atoms with Gasteiger partial charge in [0.05, 0.1) is 11.3 Å². The van der Waals surface area contributed by atoms with Crippen molar-refractivity contribution in [2.75, 3.05) is 5.32 Å². The molecule has 3 rings (SSSR count). The Morgan fingerprint density at radius 3 is 2.64 bits per heavy atom. The van der Waals surface area contributed by atoms with Crippen molar-refractivity contribution in [1.29, 1.82) is 0 Å². The van der Waals surface area contributed by atoms with Gasteiger partial charge in [-0.2, -0.15) is 0 Å². The average Bonchev–Trinajstić information content (AvgIpc) is 3.40. The molecule has 0 aromatic heterocycles. The highest BCUT2D eigenvalue weighted by atomic mass is 79.9. The van der Waals surface area contributed by atoms with Crippen molar-refractivity contribution in [2.24, 2.45) is 5.92 Å². The van der Waals surface area contributed by atoms with Gasteiger partial charge in [-0.1, -0.05) is 33.6 Å². The molecule has 2 aromatic rings. The lowest BCUT2D eigenvalue weighted by atomic mass is 10.1. The fourth-order valence-corrected chi connectivity index (χ4v) is 3.01. The summed E-state index contributed by atoms with van der Waals surface area (Å²) in [6, 6.07) is 10.0. The van der Waals surface area contributed by atoms with E-state index in [0.29, 0.717) is 10.8 Å². The van der Waals surface area contributed by atoms with Crippen molar-refractivity contribution < 1.29 is 19.4 Å². The minimum Gasteiger partial charge on any atom is -0.489 e. The number of ether oxygens (including phenoxy) is 1. The zero-order valence-electron chi connectivity index (χ0n) is 13.1. The Bertz CT molecular complexity index is 836. The Labute approximate surface area is 158 Å². The highest BCUT2D eigenvalue weighted by Crippen LogP contribution is 2.31. The van der Waals surface area contributed by atoms with E-state index >= 15 is 0 Å². The van der Waals surface area contributed by atoms with Crippen LogP contribution in [-0.2, 0) is 11.4 Å². The summed E-state index contributed by atoms with van der Waals surface area (Å²) in [6.07, 6.45) is 1.70. The highest BCUT2D eigenvalue weighted by molar-refractivity contribution is 9.10. The van der Waals surface area contributed by atoms with Crippen LogP contribution in [0.15, 0.2) is 40.9 Å². The maximum absolute atomic E-state index is 11.9. The van der Waals surface area contributed by atoms with E-state index in [1.54, 1.807) is 18.2 Å². The van der Waals surface area contributed by atoms with Crippen LogP contribution < -0.4 is 10.1 Å². The van der Waals surface area contributed by atoms with Crippen LogP contribution in [0.4, 0.5) is 5.69 Å².